The number of benzene rings is 1. The lowest BCUT2D eigenvalue weighted by Crippen LogP contribution is -2.20. The van der Waals surface area contributed by atoms with Gasteiger partial charge in [0, 0.05) is 24.9 Å². The summed E-state index contributed by atoms with van der Waals surface area (Å²) in [6, 6.07) is 9.29. The van der Waals surface area contributed by atoms with Gasteiger partial charge in [-0.2, -0.15) is 0 Å². The van der Waals surface area contributed by atoms with Crippen molar-refractivity contribution < 1.29 is 9.53 Å². The number of nitrogens with one attached hydrogen (secondary N) is 2. The second kappa shape index (κ2) is 7.19. The summed E-state index contributed by atoms with van der Waals surface area (Å²) < 4.78 is 5.56. The van der Waals surface area contributed by atoms with Gasteiger partial charge in [0.05, 0.1) is 6.10 Å². The first-order chi connectivity index (χ1) is 11.2. The summed E-state index contributed by atoms with van der Waals surface area (Å²) in [6.07, 6.45) is 3.76. The van der Waals surface area contributed by atoms with Gasteiger partial charge in [0.15, 0.2) is 0 Å². The molecule has 1 aromatic carbocycles. The van der Waals surface area contributed by atoms with Crippen molar-refractivity contribution in [3.8, 4) is 0 Å². The van der Waals surface area contributed by atoms with Crippen LogP contribution in [0.3, 0.4) is 0 Å². The Morgan fingerprint density at radius 1 is 1.35 bits per heavy atom. The average molecular weight is 312 g/mol. The van der Waals surface area contributed by atoms with Gasteiger partial charge >= 0.3 is 0 Å². The van der Waals surface area contributed by atoms with E-state index in [1.54, 1.807) is 6.07 Å². The molecule has 6 heteroatoms. The Labute approximate surface area is 135 Å². The quantitative estimate of drug-likeness (QED) is 0.887. The molecule has 0 radical (unpaired) electrons. The highest BCUT2D eigenvalue weighted by molar-refractivity contribution is 6.03. The molecule has 23 heavy (non-hydrogen) atoms. The topological polar surface area (TPSA) is 76.1 Å². The van der Waals surface area contributed by atoms with Gasteiger partial charge in [-0.25, -0.2) is 9.97 Å². The minimum absolute atomic E-state index is 0.217. The zero-order valence-corrected chi connectivity index (χ0v) is 13.1. The Morgan fingerprint density at radius 3 is 3.00 bits per heavy atom. The number of amides is 1. The van der Waals surface area contributed by atoms with Crippen molar-refractivity contribution >= 4 is 17.4 Å². The predicted octanol–water partition coefficient (Wildman–Crippen LogP) is 2.63. The highest BCUT2D eigenvalue weighted by Crippen LogP contribution is 2.16. The molecule has 1 unspecified atom stereocenters. The molecular weight excluding hydrogens is 292 g/mol. The largest absolute Gasteiger partial charge is 0.376 e. The maximum atomic E-state index is 12.3. The molecule has 1 fully saturated rings. The second-order valence-electron chi connectivity index (χ2n) is 5.57. The van der Waals surface area contributed by atoms with E-state index in [0.717, 1.165) is 30.7 Å². The summed E-state index contributed by atoms with van der Waals surface area (Å²) in [6.45, 7) is 3.46. The van der Waals surface area contributed by atoms with Gasteiger partial charge in [0.1, 0.15) is 17.8 Å². The van der Waals surface area contributed by atoms with Gasteiger partial charge in [0.2, 0.25) is 0 Å². The van der Waals surface area contributed by atoms with Gasteiger partial charge in [-0.1, -0.05) is 18.2 Å². The van der Waals surface area contributed by atoms with Crippen LogP contribution in [0, 0.1) is 6.92 Å². The number of nitrogens with zero attached hydrogens (tertiary/aromatic N) is 2. The molecule has 1 aliphatic rings. The van der Waals surface area contributed by atoms with Crippen molar-refractivity contribution in [2.45, 2.75) is 25.9 Å². The Bertz CT molecular complexity index is 684. The van der Waals surface area contributed by atoms with Crippen LogP contribution in [0.25, 0.3) is 0 Å². The number of anilines is 2. The first-order valence-corrected chi connectivity index (χ1v) is 7.77. The third-order valence-corrected chi connectivity index (χ3v) is 3.83. The van der Waals surface area contributed by atoms with E-state index in [2.05, 4.69) is 20.6 Å². The summed E-state index contributed by atoms with van der Waals surface area (Å²) in [4.78, 5) is 20.5. The number of hydrogen-bond donors (Lipinski definition) is 2. The Hall–Kier alpha value is -2.47. The molecular formula is C17H20N4O2. The molecule has 2 aromatic rings. The second-order valence-corrected chi connectivity index (χ2v) is 5.57. The van der Waals surface area contributed by atoms with E-state index in [4.69, 9.17) is 4.74 Å². The number of carbonyl (C=O) groups excluding carboxylic acids is 1. The zero-order valence-electron chi connectivity index (χ0n) is 13.1. The lowest BCUT2D eigenvalue weighted by atomic mass is 10.2. The summed E-state index contributed by atoms with van der Waals surface area (Å²) in [7, 11) is 0. The monoisotopic (exact) mass is 312 g/mol. The molecule has 1 saturated heterocycles. The Morgan fingerprint density at radius 2 is 2.22 bits per heavy atom. The molecule has 1 atom stereocenters. The van der Waals surface area contributed by atoms with Crippen LogP contribution < -0.4 is 10.6 Å². The van der Waals surface area contributed by atoms with E-state index in [-0.39, 0.29) is 12.0 Å². The van der Waals surface area contributed by atoms with Crippen LogP contribution in [0.5, 0.6) is 0 Å². The molecule has 0 aliphatic carbocycles. The molecule has 3 rings (SSSR count). The van der Waals surface area contributed by atoms with Crippen molar-refractivity contribution in [3.63, 3.8) is 0 Å². The third kappa shape index (κ3) is 4.04. The number of ether oxygens (including phenoxy) is 1. The van der Waals surface area contributed by atoms with Gasteiger partial charge in [-0.3, -0.25) is 4.79 Å². The van der Waals surface area contributed by atoms with Gasteiger partial charge in [0.25, 0.3) is 5.91 Å². The lowest BCUT2D eigenvalue weighted by molar-refractivity contribution is 0.102. The summed E-state index contributed by atoms with van der Waals surface area (Å²) >= 11 is 0. The molecule has 6 nitrogen and oxygen atoms in total. The highest BCUT2D eigenvalue weighted by Gasteiger charge is 2.16. The molecule has 0 saturated carbocycles. The summed E-state index contributed by atoms with van der Waals surface area (Å²) in [5.74, 6) is 0.382. The number of hydrogen-bond acceptors (Lipinski definition) is 5. The minimum atomic E-state index is -0.248. The maximum Gasteiger partial charge on any atom is 0.274 e. The molecule has 0 bridgehead atoms. The normalized spacial score (nSPS) is 17.0. The third-order valence-electron chi connectivity index (χ3n) is 3.83. The Kier molecular flexibility index (Phi) is 4.83. The van der Waals surface area contributed by atoms with Crippen LogP contribution in [0.15, 0.2) is 36.7 Å². The molecule has 1 aromatic heterocycles. The molecule has 2 heterocycles. The zero-order chi connectivity index (χ0) is 16.1. The minimum Gasteiger partial charge on any atom is -0.376 e. The van der Waals surface area contributed by atoms with Crippen LogP contribution in [0.4, 0.5) is 11.5 Å². The van der Waals surface area contributed by atoms with Crippen molar-refractivity contribution in [1.82, 2.24) is 9.97 Å². The fraction of sp³-hybridized carbons (Fsp3) is 0.353. The van der Waals surface area contributed by atoms with E-state index < -0.39 is 0 Å². The predicted molar refractivity (Wildman–Crippen MR) is 88.6 cm³/mol. The van der Waals surface area contributed by atoms with Gasteiger partial charge in [-0.05, 0) is 31.4 Å². The molecule has 2 N–H and O–H groups in total. The number of carbonyl (C=O) groups is 1. The smallest absolute Gasteiger partial charge is 0.274 e. The maximum absolute atomic E-state index is 12.3. The number of aromatic nitrogens is 2. The Balaban J connectivity index is 1.64. The van der Waals surface area contributed by atoms with Crippen molar-refractivity contribution in [2.24, 2.45) is 0 Å². The van der Waals surface area contributed by atoms with Gasteiger partial charge in [-0.15, -0.1) is 0 Å². The van der Waals surface area contributed by atoms with Crippen LogP contribution in [-0.2, 0) is 4.74 Å². The van der Waals surface area contributed by atoms with Crippen LogP contribution in [-0.4, -0.2) is 35.1 Å². The molecule has 1 aliphatic heterocycles. The highest BCUT2D eigenvalue weighted by atomic mass is 16.5. The van der Waals surface area contributed by atoms with Crippen molar-refractivity contribution in [2.75, 3.05) is 23.8 Å². The standard InChI is InChI=1S/C17H20N4O2/c1-12-5-2-3-7-14(12)21-17(22)15-9-16(20-11-19-15)18-10-13-6-4-8-23-13/h2-3,5,7,9,11,13H,4,6,8,10H2,1H3,(H,21,22)(H,18,19,20). The first kappa shape index (κ1) is 15.4. The average Bonchev–Trinajstić information content (AvgIpc) is 3.09. The molecule has 1 amide bonds. The molecule has 0 spiro atoms. The van der Waals surface area contributed by atoms with E-state index in [1.165, 1.54) is 6.33 Å². The van der Waals surface area contributed by atoms with E-state index >= 15 is 0 Å². The summed E-state index contributed by atoms with van der Waals surface area (Å²) in [5, 5.41) is 6.07. The van der Waals surface area contributed by atoms with E-state index in [0.29, 0.717) is 18.1 Å². The SMILES string of the molecule is Cc1ccccc1NC(=O)c1cc(NCC2CCCO2)ncn1. The van der Waals surface area contributed by atoms with Crippen molar-refractivity contribution in [1.29, 1.82) is 0 Å². The van der Waals surface area contributed by atoms with Crippen molar-refractivity contribution in [3.05, 3.63) is 47.9 Å². The van der Waals surface area contributed by atoms with E-state index in [1.807, 2.05) is 31.2 Å². The fourth-order valence-corrected chi connectivity index (χ4v) is 2.50. The molecule has 120 valence electrons. The van der Waals surface area contributed by atoms with Gasteiger partial charge < -0.3 is 15.4 Å². The first-order valence-electron chi connectivity index (χ1n) is 7.77. The van der Waals surface area contributed by atoms with Crippen LogP contribution in [0.1, 0.15) is 28.9 Å². The van der Waals surface area contributed by atoms with Crippen LogP contribution in [0.2, 0.25) is 0 Å². The number of aryl methyl sites for hydroxylation is 1. The van der Waals surface area contributed by atoms with Crippen LogP contribution >= 0.6 is 0 Å². The fourth-order valence-electron chi connectivity index (χ4n) is 2.50. The number of para-hydroxylation sites is 1. The van der Waals surface area contributed by atoms with E-state index in [9.17, 15) is 4.79 Å². The lowest BCUT2D eigenvalue weighted by Gasteiger charge is -2.12. The number of rotatable bonds is 5. The summed E-state index contributed by atoms with van der Waals surface area (Å²) in [5.41, 5.74) is 2.12.